The lowest BCUT2D eigenvalue weighted by molar-refractivity contribution is 0.414. The van der Waals surface area contributed by atoms with Crippen LogP contribution in [0.4, 0.5) is 0 Å². The normalized spacial score (nSPS) is 10.3. The Morgan fingerprint density at radius 3 is 2.67 bits per heavy atom. The fourth-order valence-corrected chi connectivity index (χ4v) is 1.48. The predicted octanol–water partition coefficient (Wildman–Crippen LogP) is 1.80. The molecule has 1 aromatic heterocycles. The van der Waals surface area contributed by atoms with Crippen molar-refractivity contribution < 1.29 is 4.74 Å². The maximum absolute atomic E-state index is 5.15. The van der Waals surface area contributed by atoms with Gasteiger partial charge in [-0.05, 0) is 30.7 Å². The van der Waals surface area contributed by atoms with E-state index in [2.05, 4.69) is 10.1 Å². The number of nitrogens with zero attached hydrogens (tertiary/aromatic N) is 3. The summed E-state index contributed by atoms with van der Waals surface area (Å²) in [5.74, 6) is 1.60. The van der Waals surface area contributed by atoms with E-state index in [9.17, 15) is 0 Å². The van der Waals surface area contributed by atoms with Gasteiger partial charge in [0, 0.05) is 12.6 Å². The van der Waals surface area contributed by atoms with Gasteiger partial charge in [0.2, 0.25) is 0 Å². The molecule has 0 aliphatic heterocycles. The van der Waals surface area contributed by atoms with Crippen molar-refractivity contribution in [3.8, 4) is 17.1 Å². The summed E-state index contributed by atoms with van der Waals surface area (Å²) in [6.45, 7) is 2.02. The van der Waals surface area contributed by atoms with Gasteiger partial charge in [0.15, 0.2) is 5.82 Å². The van der Waals surface area contributed by atoms with Crippen LogP contribution >= 0.6 is 0 Å². The Labute approximate surface area is 88.5 Å². The lowest BCUT2D eigenvalue weighted by atomic mass is 10.1. The van der Waals surface area contributed by atoms with Crippen molar-refractivity contribution >= 4 is 0 Å². The lowest BCUT2D eigenvalue weighted by Crippen LogP contribution is -1.91. The molecule has 4 nitrogen and oxygen atoms in total. The van der Waals surface area contributed by atoms with E-state index in [4.69, 9.17) is 4.74 Å². The topological polar surface area (TPSA) is 39.9 Å². The number of aryl methyl sites for hydroxylation is 2. The number of hydrogen-bond acceptors (Lipinski definition) is 3. The molecule has 0 aliphatic rings. The molecule has 1 aromatic carbocycles. The molecule has 1 heterocycles. The van der Waals surface area contributed by atoms with Crippen LogP contribution in [0, 0.1) is 6.92 Å². The van der Waals surface area contributed by atoms with Gasteiger partial charge in [-0.15, -0.1) is 0 Å². The molecule has 0 amide bonds. The Balaban J connectivity index is 2.45. The Morgan fingerprint density at radius 2 is 2.13 bits per heavy atom. The van der Waals surface area contributed by atoms with Crippen LogP contribution in [0.2, 0.25) is 0 Å². The minimum Gasteiger partial charge on any atom is -0.497 e. The fourth-order valence-electron chi connectivity index (χ4n) is 1.48. The molecule has 0 saturated carbocycles. The van der Waals surface area contributed by atoms with Crippen LogP contribution in [0.25, 0.3) is 11.4 Å². The summed E-state index contributed by atoms with van der Waals surface area (Å²) < 4.78 is 6.84. The number of methoxy groups -OCH3 is 1. The first-order valence-electron chi connectivity index (χ1n) is 4.71. The molecule has 15 heavy (non-hydrogen) atoms. The van der Waals surface area contributed by atoms with Crippen LogP contribution in [-0.4, -0.2) is 21.9 Å². The number of hydrogen-bond donors (Lipinski definition) is 0. The van der Waals surface area contributed by atoms with Crippen molar-refractivity contribution in [2.24, 2.45) is 7.05 Å². The number of ether oxygens (including phenoxy) is 1. The van der Waals surface area contributed by atoms with Crippen molar-refractivity contribution in [2.45, 2.75) is 6.92 Å². The summed E-state index contributed by atoms with van der Waals surface area (Å²) in [6, 6.07) is 5.87. The fraction of sp³-hybridized carbons (Fsp3) is 0.273. The Hall–Kier alpha value is -1.84. The average Bonchev–Trinajstić information content (AvgIpc) is 2.64. The van der Waals surface area contributed by atoms with E-state index in [1.807, 2.05) is 32.2 Å². The summed E-state index contributed by atoms with van der Waals surface area (Å²) in [5, 5.41) is 4.26. The molecule has 0 aliphatic carbocycles. The van der Waals surface area contributed by atoms with Crippen LogP contribution < -0.4 is 4.74 Å². The zero-order valence-electron chi connectivity index (χ0n) is 9.06. The molecule has 0 bridgehead atoms. The standard InChI is InChI=1S/C11H13N3O/c1-8-6-9(15-3)4-5-10(8)11-12-7-14(2)13-11/h4-7H,1-3H3. The van der Waals surface area contributed by atoms with Gasteiger partial charge in [-0.2, -0.15) is 5.10 Å². The van der Waals surface area contributed by atoms with E-state index in [0.29, 0.717) is 0 Å². The van der Waals surface area contributed by atoms with Gasteiger partial charge in [-0.3, -0.25) is 4.68 Å². The molecule has 0 saturated heterocycles. The Kier molecular flexibility index (Phi) is 2.41. The van der Waals surface area contributed by atoms with Crippen LogP contribution in [0.15, 0.2) is 24.5 Å². The first-order chi connectivity index (χ1) is 7.20. The number of rotatable bonds is 2. The molecular weight excluding hydrogens is 190 g/mol. The molecule has 0 N–H and O–H groups in total. The van der Waals surface area contributed by atoms with Crippen LogP contribution in [0.5, 0.6) is 5.75 Å². The van der Waals surface area contributed by atoms with Gasteiger partial charge in [0.1, 0.15) is 12.1 Å². The molecule has 0 atom stereocenters. The van der Waals surface area contributed by atoms with Gasteiger partial charge in [0.05, 0.1) is 7.11 Å². The highest BCUT2D eigenvalue weighted by atomic mass is 16.5. The third kappa shape index (κ3) is 1.83. The first kappa shape index (κ1) is 9.71. The SMILES string of the molecule is COc1ccc(-c2ncn(C)n2)c(C)c1. The third-order valence-electron chi connectivity index (χ3n) is 2.27. The molecule has 0 fully saturated rings. The highest BCUT2D eigenvalue weighted by Gasteiger charge is 2.06. The summed E-state index contributed by atoms with van der Waals surface area (Å²) in [6.07, 6.45) is 1.69. The Bertz CT molecular complexity index is 476. The second kappa shape index (κ2) is 3.73. The largest absolute Gasteiger partial charge is 0.497 e. The lowest BCUT2D eigenvalue weighted by Gasteiger charge is -2.04. The molecule has 0 unspecified atom stereocenters. The third-order valence-corrected chi connectivity index (χ3v) is 2.27. The van der Waals surface area contributed by atoms with E-state index in [1.165, 1.54) is 0 Å². The highest BCUT2D eigenvalue weighted by Crippen LogP contribution is 2.23. The number of aromatic nitrogens is 3. The van der Waals surface area contributed by atoms with Gasteiger partial charge in [-0.1, -0.05) is 0 Å². The van der Waals surface area contributed by atoms with Gasteiger partial charge < -0.3 is 4.74 Å². The maximum atomic E-state index is 5.15. The minimum atomic E-state index is 0.748. The quantitative estimate of drug-likeness (QED) is 0.747. The zero-order valence-corrected chi connectivity index (χ0v) is 9.06. The van der Waals surface area contributed by atoms with E-state index < -0.39 is 0 Å². The molecule has 4 heteroatoms. The van der Waals surface area contributed by atoms with Crippen molar-refractivity contribution in [3.05, 3.63) is 30.1 Å². The summed E-state index contributed by atoms with van der Waals surface area (Å²) >= 11 is 0. The van der Waals surface area contributed by atoms with E-state index in [0.717, 1.165) is 22.7 Å². The Morgan fingerprint density at radius 1 is 1.33 bits per heavy atom. The van der Waals surface area contributed by atoms with E-state index in [1.54, 1.807) is 18.1 Å². The minimum absolute atomic E-state index is 0.748. The first-order valence-corrected chi connectivity index (χ1v) is 4.71. The highest BCUT2D eigenvalue weighted by molar-refractivity contribution is 5.60. The van der Waals surface area contributed by atoms with Crippen LogP contribution in [0.3, 0.4) is 0 Å². The number of benzene rings is 1. The summed E-state index contributed by atoms with van der Waals surface area (Å²) in [4.78, 5) is 4.21. The van der Waals surface area contributed by atoms with E-state index in [-0.39, 0.29) is 0 Å². The van der Waals surface area contributed by atoms with Crippen molar-refractivity contribution in [1.82, 2.24) is 14.8 Å². The van der Waals surface area contributed by atoms with Crippen molar-refractivity contribution in [3.63, 3.8) is 0 Å². The maximum Gasteiger partial charge on any atom is 0.181 e. The van der Waals surface area contributed by atoms with Crippen molar-refractivity contribution in [1.29, 1.82) is 0 Å². The second-order valence-corrected chi connectivity index (χ2v) is 3.42. The molecule has 2 rings (SSSR count). The average molecular weight is 203 g/mol. The van der Waals surface area contributed by atoms with E-state index >= 15 is 0 Å². The van der Waals surface area contributed by atoms with Crippen molar-refractivity contribution in [2.75, 3.05) is 7.11 Å². The molecule has 0 radical (unpaired) electrons. The second-order valence-electron chi connectivity index (χ2n) is 3.42. The van der Waals surface area contributed by atoms with Crippen LogP contribution in [-0.2, 0) is 7.05 Å². The summed E-state index contributed by atoms with van der Waals surface area (Å²) in [5.41, 5.74) is 2.15. The molecule has 2 aromatic rings. The molecule has 78 valence electrons. The predicted molar refractivity (Wildman–Crippen MR) is 57.7 cm³/mol. The van der Waals surface area contributed by atoms with Gasteiger partial charge in [-0.25, -0.2) is 4.98 Å². The zero-order chi connectivity index (χ0) is 10.8. The van der Waals surface area contributed by atoms with Gasteiger partial charge >= 0.3 is 0 Å². The van der Waals surface area contributed by atoms with Crippen LogP contribution in [0.1, 0.15) is 5.56 Å². The smallest absolute Gasteiger partial charge is 0.181 e. The van der Waals surface area contributed by atoms with Gasteiger partial charge in [0.25, 0.3) is 0 Å². The monoisotopic (exact) mass is 203 g/mol. The summed E-state index contributed by atoms with van der Waals surface area (Å²) in [7, 11) is 3.52. The molecular formula is C11H13N3O. The molecule has 0 spiro atoms.